The summed E-state index contributed by atoms with van der Waals surface area (Å²) in [5, 5.41) is 5.56. The van der Waals surface area contributed by atoms with Crippen LogP contribution in [-0.4, -0.2) is 54.9 Å². The number of hydrogen-bond donors (Lipinski definition) is 2. The van der Waals surface area contributed by atoms with Crippen LogP contribution in [0, 0.1) is 5.82 Å². The van der Waals surface area contributed by atoms with Gasteiger partial charge in [0.25, 0.3) is 5.91 Å². The Morgan fingerprint density at radius 3 is 2.50 bits per heavy atom. The predicted octanol–water partition coefficient (Wildman–Crippen LogP) is 2.30. The SMILES string of the molecule is COc1cccc(C(=O)N2CCC(NC(=O)[C@@H](Cc3ccccc3F)NC(C)=O)CC2)c1. The first-order valence-electron chi connectivity index (χ1n) is 10.6. The van der Waals surface area contributed by atoms with Crippen LogP contribution in [-0.2, 0) is 16.0 Å². The molecule has 1 heterocycles. The summed E-state index contributed by atoms with van der Waals surface area (Å²) in [7, 11) is 1.55. The second-order valence-corrected chi connectivity index (χ2v) is 7.86. The van der Waals surface area contributed by atoms with E-state index in [1.165, 1.54) is 13.0 Å². The second-order valence-electron chi connectivity index (χ2n) is 7.86. The first kappa shape index (κ1) is 23.2. The van der Waals surface area contributed by atoms with Crippen LogP contribution in [0.2, 0.25) is 0 Å². The zero-order chi connectivity index (χ0) is 23.1. The molecule has 1 fully saturated rings. The van der Waals surface area contributed by atoms with E-state index in [1.807, 2.05) is 0 Å². The van der Waals surface area contributed by atoms with Crippen LogP contribution in [0.3, 0.4) is 0 Å². The topological polar surface area (TPSA) is 87.7 Å². The summed E-state index contributed by atoms with van der Waals surface area (Å²) in [4.78, 5) is 38.9. The van der Waals surface area contributed by atoms with Crippen LogP contribution in [0.25, 0.3) is 0 Å². The van der Waals surface area contributed by atoms with E-state index in [4.69, 9.17) is 4.74 Å². The Kier molecular flexibility index (Phi) is 7.81. The van der Waals surface area contributed by atoms with E-state index in [1.54, 1.807) is 54.5 Å². The highest BCUT2D eigenvalue weighted by molar-refractivity contribution is 5.94. The normalized spacial score (nSPS) is 15.0. The van der Waals surface area contributed by atoms with Crippen LogP contribution < -0.4 is 15.4 Å². The van der Waals surface area contributed by atoms with Gasteiger partial charge >= 0.3 is 0 Å². The van der Waals surface area contributed by atoms with Gasteiger partial charge in [-0.25, -0.2) is 4.39 Å². The van der Waals surface area contributed by atoms with Gasteiger partial charge < -0.3 is 20.3 Å². The van der Waals surface area contributed by atoms with Crippen LogP contribution in [0.4, 0.5) is 4.39 Å². The molecule has 0 saturated carbocycles. The Labute approximate surface area is 186 Å². The molecule has 0 bridgehead atoms. The monoisotopic (exact) mass is 441 g/mol. The van der Waals surface area contributed by atoms with Gasteiger partial charge in [-0.2, -0.15) is 0 Å². The van der Waals surface area contributed by atoms with Crippen molar-refractivity contribution in [2.75, 3.05) is 20.2 Å². The molecule has 1 aliphatic heterocycles. The zero-order valence-electron chi connectivity index (χ0n) is 18.3. The van der Waals surface area contributed by atoms with Gasteiger partial charge in [-0.3, -0.25) is 14.4 Å². The Morgan fingerprint density at radius 1 is 1.12 bits per heavy atom. The summed E-state index contributed by atoms with van der Waals surface area (Å²) in [6.45, 7) is 2.32. The molecule has 3 amide bonds. The van der Waals surface area contributed by atoms with E-state index in [9.17, 15) is 18.8 Å². The number of carbonyl (C=O) groups is 3. The summed E-state index contributed by atoms with van der Waals surface area (Å²) in [6.07, 6.45) is 1.24. The third-order valence-corrected chi connectivity index (χ3v) is 5.52. The van der Waals surface area contributed by atoms with Crippen molar-refractivity contribution in [2.45, 2.75) is 38.3 Å². The fourth-order valence-corrected chi connectivity index (χ4v) is 3.81. The number of nitrogens with one attached hydrogen (secondary N) is 2. The number of benzene rings is 2. The number of amides is 3. The molecule has 1 atom stereocenters. The fraction of sp³-hybridized carbons (Fsp3) is 0.375. The molecule has 32 heavy (non-hydrogen) atoms. The van der Waals surface area contributed by atoms with Gasteiger partial charge in [0.2, 0.25) is 11.8 Å². The third-order valence-electron chi connectivity index (χ3n) is 5.52. The second kappa shape index (κ2) is 10.7. The lowest BCUT2D eigenvalue weighted by atomic mass is 10.0. The molecule has 2 N–H and O–H groups in total. The van der Waals surface area contributed by atoms with Gasteiger partial charge in [0.05, 0.1) is 7.11 Å². The van der Waals surface area contributed by atoms with Crippen LogP contribution >= 0.6 is 0 Å². The van der Waals surface area contributed by atoms with Crippen molar-refractivity contribution in [1.82, 2.24) is 15.5 Å². The maximum absolute atomic E-state index is 14.0. The molecular formula is C24H28FN3O4. The van der Waals surface area contributed by atoms with Crippen molar-refractivity contribution >= 4 is 17.7 Å². The summed E-state index contributed by atoms with van der Waals surface area (Å²) in [6, 6.07) is 12.2. The molecule has 8 heteroatoms. The van der Waals surface area contributed by atoms with E-state index in [2.05, 4.69) is 10.6 Å². The molecule has 1 saturated heterocycles. The molecule has 0 spiro atoms. The molecule has 3 rings (SSSR count). The lowest BCUT2D eigenvalue weighted by molar-refractivity contribution is -0.128. The minimum atomic E-state index is -0.874. The standard InChI is InChI=1S/C24H28FN3O4/c1-16(29)26-22(15-17-6-3-4-9-21(17)25)23(30)27-19-10-12-28(13-11-19)24(31)18-7-5-8-20(14-18)32-2/h3-9,14,19,22H,10-13,15H2,1-2H3,(H,26,29)(H,27,30)/t22-/m1/s1. The quantitative estimate of drug-likeness (QED) is 0.690. The number of methoxy groups -OCH3 is 1. The van der Waals surface area contributed by atoms with Gasteiger partial charge in [0.1, 0.15) is 17.6 Å². The number of rotatable bonds is 7. The van der Waals surface area contributed by atoms with Crippen molar-refractivity contribution in [3.05, 3.63) is 65.5 Å². The number of ether oxygens (including phenoxy) is 1. The lowest BCUT2D eigenvalue weighted by Crippen LogP contribution is -2.53. The van der Waals surface area contributed by atoms with Gasteiger partial charge in [-0.15, -0.1) is 0 Å². The van der Waals surface area contributed by atoms with Crippen molar-refractivity contribution in [3.8, 4) is 5.75 Å². The molecule has 0 unspecified atom stereocenters. The van der Waals surface area contributed by atoms with Crippen molar-refractivity contribution < 1.29 is 23.5 Å². The van der Waals surface area contributed by atoms with E-state index in [0.29, 0.717) is 42.8 Å². The summed E-state index contributed by atoms with van der Waals surface area (Å²) in [5.41, 5.74) is 0.919. The highest BCUT2D eigenvalue weighted by atomic mass is 19.1. The highest BCUT2D eigenvalue weighted by Gasteiger charge is 2.28. The summed E-state index contributed by atoms with van der Waals surface area (Å²) in [5.74, 6) is -0.595. The van der Waals surface area contributed by atoms with E-state index < -0.39 is 11.9 Å². The molecule has 2 aromatic carbocycles. The Hall–Kier alpha value is -3.42. The van der Waals surface area contributed by atoms with Gasteiger partial charge in [0.15, 0.2) is 0 Å². The van der Waals surface area contributed by atoms with E-state index in [0.717, 1.165) is 0 Å². The number of carbonyl (C=O) groups excluding carboxylic acids is 3. The number of hydrogen-bond acceptors (Lipinski definition) is 4. The number of nitrogens with zero attached hydrogens (tertiary/aromatic N) is 1. The zero-order valence-corrected chi connectivity index (χ0v) is 18.3. The van der Waals surface area contributed by atoms with E-state index >= 15 is 0 Å². The maximum atomic E-state index is 14.0. The average molecular weight is 442 g/mol. The average Bonchev–Trinajstić information content (AvgIpc) is 2.79. The predicted molar refractivity (Wildman–Crippen MR) is 118 cm³/mol. The van der Waals surface area contributed by atoms with Crippen molar-refractivity contribution in [3.63, 3.8) is 0 Å². The summed E-state index contributed by atoms with van der Waals surface area (Å²) >= 11 is 0. The van der Waals surface area contributed by atoms with Crippen LogP contribution in [0.1, 0.15) is 35.7 Å². The van der Waals surface area contributed by atoms with Gasteiger partial charge in [0, 0.05) is 38.0 Å². The van der Waals surface area contributed by atoms with Crippen LogP contribution in [0.15, 0.2) is 48.5 Å². The van der Waals surface area contributed by atoms with Crippen molar-refractivity contribution in [2.24, 2.45) is 0 Å². The molecule has 0 aromatic heterocycles. The highest BCUT2D eigenvalue weighted by Crippen LogP contribution is 2.18. The van der Waals surface area contributed by atoms with Gasteiger partial charge in [-0.05, 0) is 42.7 Å². The minimum absolute atomic E-state index is 0.0608. The number of halogens is 1. The molecule has 0 radical (unpaired) electrons. The first-order valence-corrected chi connectivity index (χ1v) is 10.6. The van der Waals surface area contributed by atoms with Crippen LogP contribution in [0.5, 0.6) is 5.75 Å². The molecule has 1 aliphatic rings. The minimum Gasteiger partial charge on any atom is -0.497 e. The lowest BCUT2D eigenvalue weighted by Gasteiger charge is -2.33. The molecular weight excluding hydrogens is 413 g/mol. The van der Waals surface area contributed by atoms with Gasteiger partial charge in [-0.1, -0.05) is 24.3 Å². The Balaban J connectivity index is 1.57. The smallest absolute Gasteiger partial charge is 0.253 e. The maximum Gasteiger partial charge on any atom is 0.253 e. The molecule has 0 aliphatic carbocycles. The molecule has 170 valence electrons. The molecule has 7 nitrogen and oxygen atoms in total. The fourth-order valence-electron chi connectivity index (χ4n) is 3.81. The summed E-state index contributed by atoms with van der Waals surface area (Å²) < 4.78 is 19.2. The largest absolute Gasteiger partial charge is 0.497 e. The number of likely N-dealkylation sites (tertiary alicyclic amines) is 1. The molecule has 2 aromatic rings. The van der Waals surface area contributed by atoms with Crippen molar-refractivity contribution in [1.29, 1.82) is 0 Å². The Bertz CT molecular complexity index is 973. The first-order chi connectivity index (χ1) is 15.4. The Morgan fingerprint density at radius 2 is 1.84 bits per heavy atom. The van der Waals surface area contributed by atoms with E-state index in [-0.39, 0.29) is 30.2 Å². The number of piperidine rings is 1. The third kappa shape index (κ3) is 6.06.